The van der Waals surface area contributed by atoms with E-state index in [2.05, 4.69) is 39.6 Å². The third-order valence-corrected chi connectivity index (χ3v) is 13.7. The van der Waals surface area contributed by atoms with Gasteiger partial charge in [0, 0.05) is 5.57 Å². The predicted molar refractivity (Wildman–Crippen MR) is 116 cm³/mol. The molecule has 1 heterocycles. The normalized spacial score (nSPS) is 21.9. The van der Waals surface area contributed by atoms with Crippen LogP contribution in [0.2, 0.25) is 18.1 Å². The van der Waals surface area contributed by atoms with Crippen molar-refractivity contribution in [2.45, 2.75) is 88.4 Å². The van der Waals surface area contributed by atoms with Crippen LogP contribution in [-0.2, 0) is 14.8 Å². The summed E-state index contributed by atoms with van der Waals surface area (Å²) in [5.41, 5.74) is 3.31. The Hall–Kier alpha value is -1.40. The van der Waals surface area contributed by atoms with Gasteiger partial charge in [0.25, 0.3) is 15.9 Å². The van der Waals surface area contributed by atoms with Crippen LogP contribution >= 0.6 is 0 Å². The maximum atomic E-state index is 13.4. The molecule has 3 rings (SSSR count). The molecule has 1 aliphatic heterocycles. The fraction of sp³-hybridized carbons (Fsp3) is 0.591. The van der Waals surface area contributed by atoms with Gasteiger partial charge in [0.05, 0.1) is 18.5 Å². The van der Waals surface area contributed by atoms with E-state index in [0.29, 0.717) is 0 Å². The van der Waals surface area contributed by atoms with Crippen molar-refractivity contribution >= 4 is 24.0 Å². The van der Waals surface area contributed by atoms with Gasteiger partial charge < -0.3 is 0 Å². The van der Waals surface area contributed by atoms with Crippen molar-refractivity contribution < 1.29 is 13.2 Å². The van der Waals surface area contributed by atoms with Crippen molar-refractivity contribution in [3.8, 4) is 0 Å². The molecule has 0 bridgehead atoms. The molecular weight excluding hydrogens is 386 g/mol. The number of carbonyl (C=O) groups excluding carboxylic acids is 1. The Balaban J connectivity index is 2.09. The van der Waals surface area contributed by atoms with Gasteiger partial charge in [-0.3, -0.25) is 4.79 Å². The highest BCUT2D eigenvalue weighted by atomic mass is 32.2. The molecule has 1 amide bonds. The molecule has 6 heteroatoms. The highest BCUT2D eigenvalue weighted by Gasteiger charge is 2.61. The Morgan fingerprint density at radius 2 is 1.57 bits per heavy atom. The highest BCUT2D eigenvalue weighted by molar-refractivity contribution is 7.89. The predicted octanol–water partition coefficient (Wildman–Crippen LogP) is 5.20. The smallest absolute Gasteiger partial charge is 0.267 e. The highest BCUT2D eigenvalue weighted by Crippen LogP contribution is 2.52. The van der Waals surface area contributed by atoms with Gasteiger partial charge >= 0.3 is 0 Å². The molecule has 1 saturated carbocycles. The lowest BCUT2D eigenvalue weighted by Gasteiger charge is -2.55. The van der Waals surface area contributed by atoms with Gasteiger partial charge in [0.1, 0.15) is 0 Å². The third kappa shape index (κ3) is 3.28. The summed E-state index contributed by atoms with van der Waals surface area (Å²) in [5, 5.41) is 0.104. The number of β-lactam (4-membered cyclic amide) rings is 1. The zero-order valence-electron chi connectivity index (χ0n) is 18.0. The minimum atomic E-state index is -3.84. The molecule has 0 atom stereocenters. The Kier molecular flexibility index (Phi) is 5.20. The Morgan fingerprint density at radius 1 is 1.04 bits per heavy atom. The summed E-state index contributed by atoms with van der Waals surface area (Å²) in [6.07, 6.45) is 4.50. The first-order chi connectivity index (χ1) is 12.8. The van der Waals surface area contributed by atoms with Gasteiger partial charge in [-0.25, -0.2) is 12.7 Å². The van der Waals surface area contributed by atoms with Crippen LogP contribution in [0.5, 0.6) is 0 Å². The Labute approximate surface area is 171 Å². The Bertz CT molecular complexity index is 902. The molecule has 0 aromatic heterocycles. The molecule has 0 radical (unpaired) electrons. The number of amides is 1. The van der Waals surface area contributed by atoms with Crippen LogP contribution in [0.15, 0.2) is 40.4 Å². The molecule has 154 valence electrons. The average molecular weight is 420 g/mol. The second-order valence-corrected chi connectivity index (χ2v) is 17.0. The number of aryl methyl sites for hydroxylation is 1. The zero-order chi connectivity index (χ0) is 21.0. The summed E-state index contributed by atoms with van der Waals surface area (Å²) in [5.74, 6) is -0.313. The molecule has 2 fully saturated rings. The van der Waals surface area contributed by atoms with Crippen LogP contribution in [-0.4, -0.2) is 32.2 Å². The van der Waals surface area contributed by atoms with E-state index in [0.717, 1.165) is 43.2 Å². The lowest BCUT2D eigenvalue weighted by atomic mass is 9.71. The molecule has 2 aliphatic rings. The molecule has 28 heavy (non-hydrogen) atoms. The third-order valence-electron chi connectivity index (χ3n) is 6.98. The number of sulfonamides is 1. The number of nitrogens with zero attached hydrogens (tertiary/aromatic N) is 1. The first-order valence-corrected chi connectivity index (χ1v) is 14.7. The number of rotatable bonds is 3. The van der Waals surface area contributed by atoms with Crippen LogP contribution in [0.25, 0.3) is 0 Å². The van der Waals surface area contributed by atoms with E-state index in [1.54, 1.807) is 24.3 Å². The lowest BCUT2D eigenvalue weighted by Crippen LogP contribution is -2.68. The maximum absolute atomic E-state index is 13.4. The van der Waals surface area contributed by atoms with E-state index in [-0.39, 0.29) is 15.8 Å². The number of hydrogen-bond acceptors (Lipinski definition) is 3. The molecule has 4 nitrogen and oxygen atoms in total. The summed E-state index contributed by atoms with van der Waals surface area (Å²) < 4.78 is 28.0. The van der Waals surface area contributed by atoms with Crippen molar-refractivity contribution in [2.75, 3.05) is 0 Å². The summed E-state index contributed by atoms with van der Waals surface area (Å²) in [4.78, 5) is 13.4. The average Bonchev–Trinajstić information content (AvgIpc) is 2.60. The number of carbonyl (C=O) groups is 1. The molecule has 0 N–H and O–H groups in total. The van der Waals surface area contributed by atoms with Crippen LogP contribution in [0, 0.1) is 6.92 Å². The molecule has 0 unspecified atom stereocenters. The lowest BCUT2D eigenvalue weighted by molar-refractivity contribution is -0.136. The number of hydrogen-bond donors (Lipinski definition) is 0. The van der Waals surface area contributed by atoms with Gasteiger partial charge in [0.2, 0.25) is 0 Å². The first-order valence-electron chi connectivity index (χ1n) is 10.2. The minimum absolute atomic E-state index is 0.104. The molecule has 1 saturated heterocycles. The second-order valence-electron chi connectivity index (χ2n) is 10.0. The number of benzene rings is 1. The van der Waals surface area contributed by atoms with Crippen molar-refractivity contribution in [1.82, 2.24) is 4.31 Å². The van der Waals surface area contributed by atoms with E-state index >= 15 is 0 Å². The topological polar surface area (TPSA) is 54.5 Å². The molecule has 1 aliphatic carbocycles. The Morgan fingerprint density at radius 3 is 2.07 bits per heavy atom. The van der Waals surface area contributed by atoms with Crippen molar-refractivity contribution in [3.05, 3.63) is 41.1 Å². The summed E-state index contributed by atoms with van der Waals surface area (Å²) >= 11 is 0. The van der Waals surface area contributed by atoms with E-state index in [4.69, 9.17) is 0 Å². The quantitative estimate of drug-likeness (QED) is 0.384. The van der Waals surface area contributed by atoms with Gasteiger partial charge in [-0.05, 0) is 36.9 Å². The molecular formula is C22H33NO3SSi. The van der Waals surface area contributed by atoms with Crippen LogP contribution < -0.4 is 0 Å². The zero-order valence-corrected chi connectivity index (χ0v) is 19.8. The van der Waals surface area contributed by atoms with Crippen molar-refractivity contribution in [3.63, 3.8) is 0 Å². The fourth-order valence-corrected chi connectivity index (χ4v) is 7.39. The fourth-order valence-electron chi connectivity index (χ4n) is 4.10. The van der Waals surface area contributed by atoms with Gasteiger partial charge in [-0.2, -0.15) is 0 Å². The molecule has 1 spiro atoms. The van der Waals surface area contributed by atoms with Gasteiger partial charge in [0.15, 0.2) is 0 Å². The second kappa shape index (κ2) is 6.84. The van der Waals surface area contributed by atoms with Crippen molar-refractivity contribution in [2.24, 2.45) is 0 Å². The standard InChI is InChI=1S/C22H33NO3SSi/c1-17-10-12-18(13-11-17)27(25,26)23-20(24)19(16-28(5,6)21(2,3)4)22(23)14-8-7-9-15-22/h10-13,16H,7-9,14-15H2,1-6H3. The minimum Gasteiger partial charge on any atom is -0.268 e. The van der Waals surface area contributed by atoms with E-state index in [1.807, 2.05) is 6.92 Å². The van der Waals surface area contributed by atoms with Gasteiger partial charge in [-0.1, -0.05) is 76.5 Å². The van der Waals surface area contributed by atoms with Crippen LogP contribution in [0.4, 0.5) is 0 Å². The van der Waals surface area contributed by atoms with E-state index in [9.17, 15) is 13.2 Å². The SMILES string of the molecule is Cc1ccc(S(=O)(=O)N2C(=O)C(=C[Si](C)(C)C(C)(C)C)C23CCCCC3)cc1. The summed E-state index contributed by atoms with van der Waals surface area (Å²) in [7, 11) is -5.71. The summed E-state index contributed by atoms with van der Waals surface area (Å²) in [6, 6.07) is 6.81. The first kappa shape index (κ1) is 21.3. The molecule has 1 aromatic rings. The van der Waals surface area contributed by atoms with Crippen LogP contribution in [0.3, 0.4) is 0 Å². The van der Waals surface area contributed by atoms with Crippen molar-refractivity contribution in [1.29, 1.82) is 0 Å². The molecule has 1 aromatic carbocycles. The maximum Gasteiger partial charge on any atom is 0.267 e. The largest absolute Gasteiger partial charge is 0.268 e. The van der Waals surface area contributed by atoms with E-state index < -0.39 is 23.6 Å². The van der Waals surface area contributed by atoms with Gasteiger partial charge in [-0.15, -0.1) is 0 Å². The monoisotopic (exact) mass is 419 g/mol. The van der Waals surface area contributed by atoms with Crippen LogP contribution in [0.1, 0.15) is 58.4 Å². The van der Waals surface area contributed by atoms with E-state index in [1.165, 1.54) is 4.31 Å². The summed E-state index contributed by atoms with van der Waals surface area (Å²) in [6.45, 7) is 13.1.